The first-order valence-corrected chi connectivity index (χ1v) is 9.12. The summed E-state index contributed by atoms with van der Waals surface area (Å²) >= 11 is 0. The monoisotopic (exact) mass is 353 g/mol. The minimum atomic E-state index is -0.908. The minimum absolute atomic E-state index is 0.210. The first-order chi connectivity index (χ1) is 12.4. The van der Waals surface area contributed by atoms with Crippen molar-refractivity contribution in [1.29, 1.82) is 0 Å². The summed E-state index contributed by atoms with van der Waals surface area (Å²) < 4.78 is 5.42. The van der Waals surface area contributed by atoms with Gasteiger partial charge in [-0.1, -0.05) is 42.0 Å². The largest absolute Gasteiger partial charge is 0.481 e. The molecule has 0 amide bonds. The molecule has 0 radical (unpaired) electrons. The molecule has 1 aliphatic heterocycles. The molecule has 1 heterocycles. The van der Waals surface area contributed by atoms with Crippen LogP contribution in [0.15, 0.2) is 48.5 Å². The van der Waals surface area contributed by atoms with Crippen LogP contribution < -0.4 is 4.90 Å². The zero-order valence-electron chi connectivity index (χ0n) is 15.7. The van der Waals surface area contributed by atoms with Crippen LogP contribution in [0.4, 0.5) is 5.69 Å². The third-order valence-electron chi connectivity index (χ3n) is 5.25. The maximum atomic E-state index is 12.0. The predicted octanol–water partition coefficient (Wildman–Crippen LogP) is 4.07. The summed E-state index contributed by atoms with van der Waals surface area (Å²) in [5, 5.41) is 9.84. The molecular weight excluding hydrogens is 326 g/mol. The van der Waals surface area contributed by atoms with Crippen LogP contribution in [0.3, 0.4) is 0 Å². The zero-order valence-corrected chi connectivity index (χ0v) is 15.7. The van der Waals surface area contributed by atoms with Crippen molar-refractivity contribution in [2.24, 2.45) is 5.41 Å². The van der Waals surface area contributed by atoms with Crippen LogP contribution >= 0.6 is 0 Å². The zero-order chi connectivity index (χ0) is 18.7. The third-order valence-corrected chi connectivity index (χ3v) is 5.25. The van der Waals surface area contributed by atoms with Crippen molar-refractivity contribution in [3.05, 3.63) is 65.2 Å². The van der Waals surface area contributed by atoms with Crippen molar-refractivity contribution in [3.8, 4) is 0 Å². The van der Waals surface area contributed by atoms with Crippen LogP contribution in [0.1, 0.15) is 36.5 Å². The van der Waals surface area contributed by atoms with Gasteiger partial charge in [0.1, 0.15) is 0 Å². The SMILES string of the molecule is Cc1cccc(C(c2ccc(N3CCOCC3)cc2)C(C)(C)C(=O)O)c1. The number of nitrogens with zero attached hydrogens (tertiary/aromatic N) is 1. The average molecular weight is 353 g/mol. The molecular formula is C22H27NO3. The molecule has 1 fully saturated rings. The van der Waals surface area contributed by atoms with E-state index in [4.69, 9.17) is 4.74 Å². The van der Waals surface area contributed by atoms with E-state index in [1.54, 1.807) is 13.8 Å². The summed E-state index contributed by atoms with van der Waals surface area (Å²) in [5.41, 5.74) is 3.46. The van der Waals surface area contributed by atoms with E-state index in [0.29, 0.717) is 0 Å². The highest BCUT2D eigenvalue weighted by Crippen LogP contribution is 2.41. The van der Waals surface area contributed by atoms with Gasteiger partial charge in [0.25, 0.3) is 0 Å². The van der Waals surface area contributed by atoms with Gasteiger partial charge in [0.2, 0.25) is 0 Å². The summed E-state index contributed by atoms with van der Waals surface area (Å²) in [7, 11) is 0. The van der Waals surface area contributed by atoms with Crippen LogP contribution in [-0.2, 0) is 9.53 Å². The Kier molecular flexibility index (Phi) is 5.33. The molecule has 1 saturated heterocycles. The molecule has 0 bridgehead atoms. The van der Waals surface area contributed by atoms with Gasteiger partial charge in [0.05, 0.1) is 18.6 Å². The van der Waals surface area contributed by atoms with Crippen LogP contribution in [0.5, 0.6) is 0 Å². The van der Waals surface area contributed by atoms with Crippen LogP contribution in [0.25, 0.3) is 0 Å². The van der Waals surface area contributed by atoms with E-state index in [0.717, 1.165) is 48.7 Å². The molecule has 4 heteroatoms. The number of ether oxygens (including phenoxy) is 1. The number of aliphatic carboxylic acids is 1. The van der Waals surface area contributed by atoms with Gasteiger partial charge >= 0.3 is 5.97 Å². The smallest absolute Gasteiger partial charge is 0.310 e. The van der Waals surface area contributed by atoms with E-state index in [2.05, 4.69) is 35.2 Å². The molecule has 0 aliphatic carbocycles. The van der Waals surface area contributed by atoms with Crippen molar-refractivity contribution in [2.45, 2.75) is 26.7 Å². The van der Waals surface area contributed by atoms with Crippen LogP contribution in [-0.4, -0.2) is 37.4 Å². The number of carboxylic acid groups (broad SMARTS) is 1. The summed E-state index contributed by atoms with van der Waals surface area (Å²) in [6.45, 7) is 8.92. The Bertz CT molecular complexity index is 761. The number of anilines is 1. The minimum Gasteiger partial charge on any atom is -0.481 e. The predicted molar refractivity (Wildman–Crippen MR) is 104 cm³/mol. The Morgan fingerprint density at radius 1 is 1.08 bits per heavy atom. The molecule has 0 spiro atoms. The lowest BCUT2D eigenvalue weighted by molar-refractivity contribution is -0.147. The van der Waals surface area contributed by atoms with E-state index < -0.39 is 11.4 Å². The molecule has 1 aliphatic rings. The van der Waals surface area contributed by atoms with E-state index in [1.807, 2.05) is 25.1 Å². The van der Waals surface area contributed by atoms with Gasteiger partial charge in [-0.3, -0.25) is 4.79 Å². The standard InChI is InChI=1S/C22H27NO3/c1-16-5-4-6-18(15-16)20(22(2,3)21(24)25)17-7-9-19(10-8-17)23-11-13-26-14-12-23/h4-10,15,20H,11-14H2,1-3H3,(H,24,25). The Labute approximate surface area is 155 Å². The van der Waals surface area contributed by atoms with E-state index in [1.165, 1.54) is 0 Å². The molecule has 138 valence electrons. The fourth-order valence-corrected chi connectivity index (χ4v) is 3.70. The van der Waals surface area contributed by atoms with Crippen LogP contribution in [0.2, 0.25) is 0 Å². The first-order valence-electron chi connectivity index (χ1n) is 9.12. The lowest BCUT2D eigenvalue weighted by atomic mass is 9.71. The number of rotatable bonds is 5. The number of carbonyl (C=O) groups is 1. The lowest BCUT2D eigenvalue weighted by Gasteiger charge is -2.33. The van der Waals surface area contributed by atoms with Crippen molar-refractivity contribution in [3.63, 3.8) is 0 Å². The Morgan fingerprint density at radius 2 is 1.73 bits per heavy atom. The molecule has 3 rings (SSSR count). The molecule has 2 aromatic carbocycles. The molecule has 26 heavy (non-hydrogen) atoms. The lowest BCUT2D eigenvalue weighted by Crippen LogP contribution is -2.36. The van der Waals surface area contributed by atoms with Gasteiger partial charge in [-0.15, -0.1) is 0 Å². The first kappa shape index (κ1) is 18.5. The number of benzene rings is 2. The topological polar surface area (TPSA) is 49.8 Å². The van der Waals surface area contributed by atoms with Crippen molar-refractivity contribution in [2.75, 3.05) is 31.2 Å². The third kappa shape index (κ3) is 3.75. The number of hydrogen-bond donors (Lipinski definition) is 1. The molecule has 1 unspecified atom stereocenters. The second-order valence-electron chi connectivity index (χ2n) is 7.56. The molecule has 0 aromatic heterocycles. The highest BCUT2D eigenvalue weighted by Gasteiger charge is 2.39. The molecule has 4 nitrogen and oxygen atoms in total. The second-order valence-corrected chi connectivity index (χ2v) is 7.56. The van der Waals surface area contributed by atoms with Gasteiger partial charge in [-0.2, -0.15) is 0 Å². The molecule has 1 atom stereocenters. The van der Waals surface area contributed by atoms with Gasteiger partial charge in [0.15, 0.2) is 0 Å². The van der Waals surface area contributed by atoms with Crippen molar-refractivity contribution < 1.29 is 14.6 Å². The number of carboxylic acids is 1. The summed E-state index contributed by atoms with van der Waals surface area (Å²) in [5.74, 6) is -1.00. The van der Waals surface area contributed by atoms with Crippen LogP contribution in [0, 0.1) is 12.3 Å². The highest BCUT2D eigenvalue weighted by molar-refractivity contribution is 5.76. The number of morpholine rings is 1. The second kappa shape index (κ2) is 7.50. The van der Waals surface area contributed by atoms with E-state index in [-0.39, 0.29) is 5.92 Å². The van der Waals surface area contributed by atoms with Crippen molar-refractivity contribution >= 4 is 11.7 Å². The maximum Gasteiger partial charge on any atom is 0.310 e. The Hall–Kier alpha value is -2.33. The number of aryl methyl sites for hydroxylation is 1. The highest BCUT2D eigenvalue weighted by atomic mass is 16.5. The number of hydrogen-bond acceptors (Lipinski definition) is 3. The molecule has 0 saturated carbocycles. The summed E-state index contributed by atoms with van der Waals surface area (Å²) in [6.07, 6.45) is 0. The fourth-order valence-electron chi connectivity index (χ4n) is 3.70. The quantitative estimate of drug-likeness (QED) is 0.880. The van der Waals surface area contributed by atoms with Crippen molar-refractivity contribution in [1.82, 2.24) is 0 Å². The maximum absolute atomic E-state index is 12.0. The van der Waals surface area contributed by atoms with Gasteiger partial charge in [0, 0.05) is 24.7 Å². The molecule has 2 aromatic rings. The Balaban J connectivity index is 1.97. The fraction of sp³-hybridized carbons (Fsp3) is 0.409. The summed E-state index contributed by atoms with van der Waals surface area (Å²) in [6, 6.07) is 16.5. The van der Waals surface area contributed by atoms with E-state index >= 15 is 0 Å². The average Bonchev–Trinajstić information content (AvgIpc) is 2.63. The van der Waals surface area contributed by atoms with Gasteiger partial charge in [-0.25, -0.2) is 0 Å². The van der Waals surface area contributed by atoms with Gasteiger partial charge in [-0.05, 0) is 44.0 Å². The Morgan fingerprint density at radius 3 is 2.31 bits per heavy atom. The van der Waals surface area contributed by atoms with E-state index in [9.17, 15) is 9.90 Å². The summed E-state index contributed by atoms with van der Waals surface area (Å²) in [4.78, 5) is 14.3. The van der Waals surface area contributed by atoms with Gasteiger partial charge < -0.3 is 14.7 Å². The normalized spacial score (nSPS) is 16.3. The molecule has 1 N–H and O–H groups in total.